The van der Waals surface area contributed by atoms with Gasteiger partial charge in [-0.2, -0.15) is 0 Å². The quantitative estimate of drug-likeness (QED) is 0.840. The van der Waals surface area contributed by atoms with Gasteiger partial charge >= 0.3 is 0 Å². The molecule has 1 N–H and O–H groups in total. The van der Waals surface area contributed by atoms with Crippen LogP contribution in [0.5, 0.6) is 0 Å². The van der Waals surface area contributed by atoms with E-state index < -0.39 is 0 Å². The van der Waals surface area contributed by atoms with Gasteiger partial charge in [0.15, 0.2) is 0 Å². The number of aromatic nitrogens is 2. The van der Waals surface area contributed by atoms with Crippen molar-refractivity contribution < 1.29 is 0 Å². The summed E-state index contributed by atoms with van der Waals surface area (Å²) in [4.78, 5) is 8.74. The summed E-state index contributed by atoms with van der Waals surface area (Å²) in [6.07, 6.45) is 8.72. The van der Waals surface area contributed by atoms with Crippen molar-refractivity contribution >= 4 is 0 Å². The van der Waals surface area contributed by atoms with Gasteiger partial charge < -0.3 is 5.32 Å². The van der Waals surface area contributed by atoms with Crippen LogP contribution in [0.4, 0.5) is 0 Å². The van der Waals surface area contributed by atoms with Gasteiger partial charge in [0.05, 0.1) is 0 Å². The van der Waals surface area contributed by atoms with E-state index in [1.807, 2.05) is 24.7 Å². The lowest BCUT2D eigenvalue weighted by atomic mass is 10.0. The molecule has 0 aromatic carbocycles. The lowest BCUT2D eigenvalue weighted by molar-refractivity contribution is 0.516. The fourth-order valence-electron chi connectivity index (χ4n) is 2.35. The van der Waals surface area contributed by atoms with Crippen LogP contribution in [0, 0.1) is 0 Å². The zero-order chi connectivity index (χ0) is 14.2. The highest BCUT2D eigenvalue weighted by atomic mass is 14.9. The summed E-state index contributed by atoms with van der Waals surface area (Å²) in [6.45, 7) is 5.27. The highest BCUT2D eigenvalue weighted by Crippen LogP contribution is 2.08. The first-order valence-corrected chi connectivity index (χ1v) is 7.38. The predicted octanol–water partition coefficient (Wildman–Crippen LogP) is 2.80. The third kappa shape index (κ3) is 4.42. The summed E-state index contributed by atoms with van der Waals surface area (Å²) in [7, 11) is 0. The highest BCUT2D eigenvalue weighted by molar-refractivity contribution is 5.16. The molecule has 0 fully saturated rings. The molecule has 0 radical (unpaired) electrons. The second-order valence-electron chi connectivity index (χ2n) is 5.04. The standard InChI is InChI=1S/C17H23N3/c1-3-14-7-8-16(20-13-14)11-17(19-4-2)10-15-6-5-9-18-12-15/h5-9,12-13,17,19H,3-4,10-11H2,1-2H3. The van der Waals surface area contributed by atoms with Crippen LogP contribution >= 0.6 is 0 Å². The molecular formula is C17H23N3. The first-order chi connectivity index (χ1) is 9.81. The molecule has 0 spiro atoms. The zero-order valence-electron chi connectivity index (χ0n) is 12.3. The predicted molar refractivity (Wildman–Crippen MR) is 82.7 cm³/mol. The van der Waals surface area contributed by atoms with Crippen LogP contribution in [0.3, 0.4) is 0 Å². The van der Waals surface area contributed by atoms with Crippen LogP contribution in [0.1, 0.15) is 30.7 Å². The van der Waals surface area contributed by atoms with Crippen LogP contribution in [-0.2, 0) is 19.3 Å². The minimum atomic E-state index is 0.407. The molecule has 1 unspecified atom stereocenters. The SMILES string of the molecule is CCNC(Cc1cccnc1)Cc1ccc(CC)cn1. The van der Waals surface area contributed by atoms with E-state index in [-0.39, 0.29) is 0 Å². The van der Waals surface area contributed by atoms with E-state index in [1.165, 1.54) is 11.1 Å². The number of aryl methyl sites for hydroxylation is 1. The summed E-state index contributed by atoms with van der Waals surface area (Å²) >= 11 is 0. The first-order valence-electron chi connectivity index (χ1n) is 7.38. The molecule has 2 aromatic heterocycles. The molecule has 0 aliphatic rings. The van der Waals surface area contributed by atoms with E-state index in [1.54, 1.807) is 0 Å². The van der Waals surface area contributed by atoms with Crippen molar-refractivity contribution in [2.24, 2.45) is 0 Å². The molecule has 2 rings (SSSR count). The Kier molecular flexibility index (Phi) is 5.69. The molecule has 2 aromatic rings. The molecule has 0 saturated heterocycles. The van der Waals surface area contributed by atoms with E-state index >= 15 is 0 Å². The third-order valence-corrected chi connectivity index (χ3v) is 3.45. The molecule has 0 aliphatic carbocycles. The molecular weight excluding hydrogens is 246 g/mol. The monoisotopic (exact) mass is 269 g/mol. The summed E-state index contributed by atoms with van der Waals surface area (Å²) in [6, 6.07) is 8.85. The lowest BCUT2D eigenvalue weighted by Crippen LogP contribution is -2.33. The Morgan fingerprint density at radius 2 is 1.95 bits per heavy atom. The minimum Gasteiger partial charge on any atom is -0.314 e. The maximum atomic E-state index is 4.56. The molecule has 2 heterocycles. The average Bonchev–Trinajstić information content (AvgIpc) is 2.49. The van der Waals surface area contributed by atoms with Crippen molar-refractivity contribution in [3.63, 3.8) is 0 Å². The van der Waals surface area contributed by atoms with Gasteiger partial charge in [-0.3, -0.25) is 9.97 Å². The number of likely N-dealkylation sites (N-methyl/N-ethyl adjacent to an activating group) is 1. The topological polar surface area (TPSA) is 37.8 Å². The van der Waals surface area contributed by atoms with E-state index in [0.29, 0.717) is 6.04 Å². The third-order valence-electron chi connectivity index (χ3n) is 3.45. The Morgan fingerprint density at radius 3 is 2.55 bits per heavy atom. The van der Waals surface area contributed by atoms with Crippen molar-refractivity contribution in [3.8, 4) is 0 Å². The van der Waals surface area contributed by atoms with Crippen molar-refractivity contribution in [3.05, 3.63) is 59.7 Å². The maximum absolute atomic E-state index is 4.56. The van der Waals surface area contributed by atoms with E-state index in [2.05, 4.69) is 47.3 Å². The number of nitrogens with one attached hydrogen (secondary N) is 1. The summed E-state index contributed by atoms with van der Waals surface area (Å²) in [5.74, 6) is 0. The smallest absolute Gasteiger partial charge is 0.0419 e. The van der Waals surface area contributed by atoms with Crippen LogP contribution in [0.2, 0.25) is 0 Å². The van der Waals surface area contributed by atoms with E-state index in [4.69, 9.17) is 0 Å². The maximum Gasteiger partial charge on any atom is 0.0419 e. The molecule has 0 aliphatic heterocycles. The first kappa shape index (κ1) is 14.7. The van der Waals surface area contributed by atoms with Gasteiger partial charge in [-0.05, 0) is 42.6 Å². The summed E-state index contributed by atoms with van der Waals surface area (Å²) < 4.78 is 0. The Morgan fingerprint density at radius 1 is 1.05 bits per heavy atom. The van der Waals surface area contributed by atoms with Gasteiger partial charge in [0, 0.05) is 36.7 Å². The van der Waals surface area contributed by atoms with Crippen molar-refractivity contribution in [1.82, 2.24) is 15.3 Å². The molecule has 3 heteroatoms. The lowest BCUT2D eigenvalue weighted by Gasteiger charge is -2.17. The van der Waals surface area contributed by atoms with Gasteiger partial charge in [0.25, 0.3) is 0 Å². The Bertz CT molecular complexity index is 493. The van der Waals surface area contributed by atoms with Crippen molar-refractivity contribution in [1.29, 1.82) is 0 Å². The summed E-state index contributed by atoms with van der Waals surface area (Å²) in [5, 5.41) is 3.54. The number of hydrogen-bond donors (Lipinski definition) is 1. The van der Waals surface area contributed by atoms with Crippen LogP contribution in [0.15, 0.2) is 42.9 Å². The zero-order valence-corrected chi connectivity index (χ0v) is 12.3. The van der Waals surface area contributed by atoms with Crippen molar-refractivity contribution in [2.45, 2.75) is 39.2 Å². The van der Waals surface area contributed by atoms with E-state index in [9.17, 15) is 0 Å². The molecule has 106 valence electrons. The van der Waals surface area contributed by atoms with Gasteiger partial charge in [-0.1, -0.05) is 26.0 Å². The van der Waals surface area contributed by atoms with Gasteiger partial charge in [0.2, 0.25) is 0 Å². The molecule has 1 atom stereocenters. The fraction of sp³-hybridized carbons (Fsp3) is 0.412. The van der Waals surface area contributed by atoms with Gasteiger partial charge in [0.1, 0.15) is 0 Å². The largest absolute Gasteiger partial charge is 0.314 e. The number of nitrogens with zero attached hydrogens (tertiary/aromatic N) is 2. The Balaban J connectivity index is 2.00. The molecule has 0 saturated carbocycles. The number of rotatable bonds is 7. The molecule has 3 nitrogen and oxygen atoms in total. The second-order valence-corrected chi connectivity index (χ2v) is 5.04. The normalized spacial score (nSPS) is 12.3. The van der Waals surface area contributed by atoms with Crippen LogP contribution in [-0.4, -0.2) is 22.6 Å². The molecule has 0 amide bonds. The number of hydrogen-bond acceptors (Lipinski definition) is 3. The second kappa shape index (κ2) is 7.75. The average molecular weight is 269 g/mol. The molecule has 0 bridgehead atoms. The number of pyridine rings is 2. The van der Waals surface area contributed by atoms with Gasteiger partial charge in [-0.15, -0.1) is 0 Å². The van der Waals surface area contributed by atoms with Crippen molar-refractivity contribution in [2.75, 3.05) is 6.54 Å². The molecule has 20 heavy (non-hydrogen) atoms. The van der Waals surface area contributed by atoms with Crippen LogP contribution < -0.4 is 5.32 Å². The van der Waals surface area contributed by atoms with Crippen LogP contribution in [0.25, 0.3) is 0 Å². The van der Waals surface area contributed by atoms with Gasteiger partial charge in [-0.25, -0.2) is 0 Å². The Labute approximate surface area is 121 Å². The Hall–Kier alpha value is -1.74. The highest BCUT2D eigenvalue weighted by Gasteiger charge is 2.10. The minimum absolute atomic E-state index is 0.407. The fourth-order valence-corrected chi connectivity index (χ4v) is 2.35. The summed E-state index contributed by atoms with van der Waals surface area (Å²) in [5.41, 5.74) is 3.71. The van der Waals surface area contributed by atoms with E-state index in [0.717, 1.165) is 31.5 Å².